The molecule has 0 atom stereocenters. The Bertz CT molecular complexity index is 188. The molecule has 0 amide bonds. The number of halogens is 1. The highest BCUT2D eigenvalue weighted by atomic mass is 127. The van der Waals surface area contributed by atoms with Gasteiger partial charge in [0, 0.05) is 3.42 Å². The van der Waals surface area contributed by atoms with Gasteiger partial charge < -0.3 is 0 Å². The molecule has 0 nitrogen and oxygen atoms in total. The number of hydrogen-bond acceptors (Lipinski definition) is 1. The average molecular weight is 294 g/mol. The highest BCUT2D eigenvalue weighted by Crippen LogP contribution is 2.76. The zero-order valence-electron chi connectivity index (χ0n) is 7.31. The summed E-state index contributed by atoms with van der Waals surface area (Å²) in [5.41, 5.74) is 0.877. The second-order valence-electron chi connectivity index (χ2n) is 4.93. The maximum absolute atomic E-state index is 2.69. The summed E-state index contributed by atoms with van der Waals surface area (Å²) in [5, 5.41) is 0. The summed E-state index contributed by atoms with van der Waals surface area (Å²) in [6.45, 7) is 0. The fraction of sp³-hybridized carbons (Fsp3) is 1.00. The Hall–Kier alpha value is 1.08. The maximum atomic E-state index is 2.69. The lowest BCUT2D eigenvalue weighted by Crippen LogP contribution is -2.66. The summed E-state index contributed by atoms with van der Waals surface area (Å²) in [5.74, 6) is 4.01. The van der Waals surface area contributed by atoms with Crippen molar-refractivity contribution in [2.75, 3.05) is 11.5 Å². The molecule has 2 heteroatoms. The van der Waals surface area contributed by atoms with Gasteiger partial charge in [0.15, 0.2) is 0 Å². The second-order valence-corrected chi connectivity index (χ2v) is 8.44. The second kappa shape index (κ2) is 2.56. The Morgan fingerprint density at radius 1 is 1.08 bits per heavy atom. The third kappa shape index (κ3) is 1.03. The topological polar surface area (TPSA) is 0 Å². The molecule has 0 N–H and O–H groups in total. The number of alkyl halides is 1. The molecule has 0 radical (unpaired) electrons. The molecular formula is C10H15IS. The van der Waals surface area contributed by atoms with Gasteiger partial charge in [-0.2, -0.15) is 11.8 Å². The lowest BCUT2D eigenvalue weighted by Gasteiger charge is -2.71. The molecule has 2 bridgehead atoms. The number of hydrogen-bond donors (Lipinski definition) is 0. The Balaban J connectivity index is 1.67. The van der Waals surface area contributed by atoms with Gasteiger partial charge in [-0.15, -0.1) is 0 Å². The van der Waals surface area contributed by atoms with E-state index in [0.717, 1.165) is 14.8 Å². The van der Waals surface area contributed by atoms with Crippen LogP contribution in [0.1, 0.15) is 32.1 Å². The molecule has 1 aliphatic heterocycles. The van der Waals surface area contributed by atoms with Crippen molar-refractivity contribution in [1.29, 1.82) is 0 Å². The molecule has 68 valence electrons. The van der Waals surface area contributed by atoms with Gasteiger partial charge in [-0.1, -0.05) is 22.6 Å². The van der Waals surface area contributed by atoms with Gasteiger partial charge in [0.25, 0.3) is 0 Å². The fourth-order valence-corrected chi connectivity index (χ4v) is 6.87. The standard InChI is InChI=1S/C10H15IS/c11-10-5-9(6-10,7-10)8-1-3-12-4-2-8/h8H,1-7H2. The molecule has 1 saturated heterocycles. The summed E-state index contributed by atoms with van der Waals surface area (Å²) >= 11 is 4.86. The third-order valence-electron chi connectivity index (χ3n) is 4.09. The van der Waals surface area contributed by atoms with Crippen LogP contribution in [0.2, 0.25) is 0 Å². The minimum absolute atomic E-state index is 0.794. The van der Waals surface area contributed by atoms with Gasteiger partial charge in [-0.25, -0.2) is 0 Å². The van der Waals surface area contributed by atoms with E-state index in [2.05, 4.69) is 34.4 Å². The number of thioether (sulfide) groups is 1. The van der Waals surface area contributed by atoms with Gasteiger partial charge >= 0.3 is 0 Å². The lowest BCUT2D eigenvalue weighted by molar-refractivity contribution is -0.116. The molecule has 12 heavy (non-hydrogen) atoms. The predicted molar refractivity (Wildman–Crippen MR) is 63.1 cm³/mol. The molecule has 0 spiro atoms. The van der Waals surface area contributed by atoms with E-state index in [1.807, 2.05) is 0 Å². The molecule has 4 aliphatic rings. The SMILES string of the molecule is IC12CC(C3CCSCC3)(C1)C2. The molecule has 3 saturated carbocycles. The average Bonchev–Trinajstić information content (AvgIpc) is 1.99. The van der Waals surface area contributed by atoms with Gasteiger partial charge in [0.2, 0.25) is 0 Å². The first kappa shape index (κ1) is 8.39. The first-order valence-corrected chi connectivity index (χ1v) is 7.23. The van der Waals surface area contributed by atoms with Crippen LogP contribution in [-0.2, 0) is 0 Å². The van der Waals surface area contributed by atoms with E-state index in [1.54, 1.807) is 19.3 Å². The third-order valence-corrected chi connectivity index (χ3v) is 6.29. The van der Waals surface area contributed by atoms with E-state index >= 15 is 0 Å². The first-order chi connectivity index (χ1) is 5.73. The fourth-order valence-electron chi connectivity index (χ4n) is 3.48. The van der Waals surface area contributed by atoms with Gasteiger partial charge in [-0.3, -0.25) is 0 Å². The molecule has 0 aromatic heterocycles. The van der Waals surface area contributed by atoms with Crippen LogP contribution in [0.4, 0.5) is 0 Å². The zero-order chi connectivity index (χ0) is 8.23. The lowest BCUT2D eigenvalue weighted by atomic mass is 9.39. The monoisotopic (exact) mass is 294 g/mol. The highest BCUT2D eigenvalue weighted by molar-refractivity contribution is 14.1. The van der Waals surface area contributed by atoms with Crippen molar-refractivity contribution in [3.63, 3.8) is 0 Å². The molecule has 4 rings (SSSR count). The van der Waals surface area contributed by atoms with Gasteiger partial charge in [0.05, 0.1) is 0 Å². The Morgan fingerprint density at radius 2 is 1.67 bits per heavy atom. The minimum atomic E-state index is 0.794. The van der Waals surface area contributed by atoms with E-state index in [4.69, 9.17) is 0 Å². The van der Waals surface area contributed by atoms with E-state index < -0.39 is 0 Å². The summed E-state index contributed by atoms with van der Waals surface area (Å²) in [4.78, 5) is 0. The Labute approximate surface area is 92.4 Å². The van der Waals surface area contributed by atoms with Crippen molar-refractivity contribution < 1.29 is 0 Å². The van der Waals surface area contributed by atoms with E-state index in [-0.39, 0.29) is 0 Å². The van der Waals surface area contributed by atoms with Crippen LogP contribution >= 0.6 is 34.4 Å². The predicted octanol–water partition coefficient (Wildman–Crippen LogP) is 3.49. The summed E-state index contributed by atoms with van der Waals surface area (Å²) in [6, 6.07) is 0. The van der Waals surface area contributed by atoms with Crippen molar-refractivity contribution in [1.82, 2.24) is 0 Å². The largest absolute Gasteiger partial charge is 0.162 e. The molecule has 4 fully saturated rings. The molecule has 0 unspecified atom stereocenters. The zero-order valence-corrected chi connectivity index (χ0v) is 10.3. The molecular weight excluding hydrogens is 279 g/mol. The van der Waals surface area contributed by atoms with Crippen LogP contribution in [0.3, 0.4) is 0 Å². The smallest absolute Gasteiger partial charge is 0.0238 e. The quantitative estimate of drug-likeness (QED) is 0.527. The Kier molecular flexibility index (Phi) is 1.79. The van der Waals surface area contributed by atoms with Crippen LogP contribution in [-0.4, -0.2) is 14.9 Å². The van der Waals surface area contributed by atoms with Crippen LogP contribution in [0.5, 0.6) is 0 Å². The molecule has 0 aromatic rings. The molecule has 0 aromatic carbocycles. The van der Waals surface area contributed by atoms with Crippen molar-refractivity contribution in [3.05, 3.63) is 0 Å². The molecule has 3 aliphatic carbocycles. The van der Waals surface area contributed by atoms with Gasteiger partial charge in [-0.05, 0) is 54.9 Å². The number of rotatable bonds is 1. The van der Waals surface area contributed by atoms with Crippen LogP contribution in [0.25, 0.3) is 0 Å². The normalized spacial score (nSPS) is 52.8. The summed E-state index contributed by atoms with van der Waals surface area (Å²) in [7, 11) is 0. The van der Waals surface area contributed by atoms with Crippen LogP contribution in [0.15, 0.2) is 0 Å². The minimum Gasteiger partial charge on any atom is -0.162 e. The summed E-state index contributed by atoms with van der Waals surface area (Å²) in [6.07, 6.45) is 7.75. The van der Waals surface area contributed by atoms with Crippen molar-refractivity contribution in [3.8, 4) is 0 Å². The first-order valence-electron chi connectivity index (χ1n) is 4.99. The van der Waals surface area contributed by atoms with Crippen molar-refractivity contribution >= 4 is 34.4 Å². The maximum Gasteiger partial charge on any atom is 0.0238 e. The summed E-state index contributed by atoms with van der Waals surface area (Å²) < 4.78 is 0.794. The van der Waals surface area contributed by atoms with Crippen molar-refractivity contribution in [2.24, 2.45) is 11.3 Å². The van der Waals surface area contributed by atoms with E-state index in [9.17, 15) is 0 Å². The van der Waals surface area contributed by atoms with Crippen LogP contribution in [0, 0.1) is 11.3 Å². The molecule has 1 heterocycles. The Morgan fingerprint density at radius 3 is 2.17 bits per heavy atom. The van der Waals surface area contributed by atoms with E-state index in [0.29, 0.717) is 0 Å². The van der Waals surface area contributed by atoms with Crippen LogP contribution < -0.4 is 0 Å². The van der Waals surface area contributed by atoms with Gasteiger partial charge in [0.1, 0.15) is 0 Å². The van der Waals surface area contributed by atoms with Crippen molar-refractivity contribution in [2.45, 2.75) is 35.5 Å². The van der Waals surface area contributed by atoms with E-state index in [1.165, 1.54) is 24.3 Å². The highest BCUT2D eigenvalue weighted by Gasteiger charge is 2.68.